The molecule has 0 atom stereocenters. The van der Waals surface area contributed by atoms with Crippen LogP contribution in [0.2, 0.25) is 0 Å². The standard InChI is InChI=1S/C15H21N3O/c1-2-5-15(6-3-1)13-16-7-4-11-19-12-10-18-9-8-17-14-18/h1-3,5-6,8-9,14,16H,4,7,10-13H2. The number of benzene rings is 1. The topological polar surface area (TPSA) is 39.1 Å². The highest BCUT2D eigenvalue weighted by atomic mass is 16.5. The van der Waals surface area contributed by atoms with E-state index < -0.39 is 0 Å². The summed E-state index contributed by atoms with van der Waals surface area (Å²) in [6.07, 6.45) is 6.58. The minimum Gasteiger partial charge on any atom is -0.380 e. The van der Waals surface area contributed by atoms with E-state index in [9.17, 15) is 0 Å². The van der Waals surface area contributed by atoms with Crippen LogP contribution in [0.3, 0.4) is 0 Å². The number of aromatic nitrogens is 2. The molecule has 0 aliphatic heterocycles. The van der Waals surface area contributed by atoms with Gasteiger partial charge in [-0.1, -0.05) is 30.3 Å². The van der Waals surface area contributed by atoms with E-state index in [0.717, 1.165) is 39.3 Å². The quantitative estimate of drug-likeness (QED) is 0.701. The first-order valence-corrected chi connectivity index (χ1v) is 6.73. The summed E-state index contributed by atoms with van der Waals surface area (Å²) in [6.45, 7) is 4.33. The maximum Gasteiger partial charge on any atom is 0.0946 e. The van der Waals surface area contributed by atoms with E-state index in [1.54, 1.807) is 6.20 Å². The summed E-state index contributed by atoms with van der Waals surface area (Å²) in [4.78, 5) is 3.99. The number of hydrogen-bond acceptors (Lipinski definition) is 3. The minimum absolute atomic E-state index is 0.745. The lowest BCUT2D eigenvalue weighted by Crippen LogP contribution is -2.16. The van der Waals surface area contributed by atoms with Gasteiger partial charge in [0.25, 0.3) is 0 Å². The molecule has 0 aliphatic carbocycles. The van der Waals surface area contributed by atoms with Gasteiger partial charge in [-0.15, -0.1) is 0 Å². The molecular weight excluding hydrogens is 238 g/mol. The van der Waals surface area contributed by atoms with Crippen molar-refractivity contribution in [2.24, 2.45) is 0 Å². The average molecular weight is 259 g/mol. The maximum atomic E-state index is 5.57. The SMILES string of the molecule is c1ccc(CNCCCOCCn2ccnc2)cc1. The third-order valence-electron chi connectivity index (χ3n) is 2.87. The second kappa shape index (κ2) is 8.45. The monoisotopic (exact) mass is 259 g/mol. The van der Waals surface area contributed by atoms with Gasteiger partial charge < -0.3 is 14.6 Å². The molecule has 0 saturated heterocycles. The zero-order chi connectivity index (χ0) is 13.2. The normalized spacial score (nSPS) is 10.7. The largest absolute Gasteiger partial charge is 0.380 e. The summed E-state index contributed by atoms with van der Waals surface area (Å²) in [5, 5.41) is 3.41. The van der Waals surface area contributed by atoms with Crippen LogP contribution >= 0.6 is 0 Å². The molecule has 0 spiro atoms. The van der Waals surface area contributed by atoms with Crippen LogP contribution in [0.1, 0.15) is 12.0 Å². The average Bonchev–Trinajstić information content (AvgIpc) is 2.96. The van der Waals surface area contributed by atoms with Crippen molar-refractivity contribution in [2.45, 2.75) is 19.5 Å². The van der Waals surface area contributed by atoms with Gasteiger partial charge in [-0.2, -0.15) is 0 Å². The molecule has 102 valence electrons. The van der Waals surface area contributed by atoms with Gasteiger partial charge in [-0.05, 0) is 18.5 Å². The Bertz CT molecular complexity index is 428. The van der Waals surface area contributed by atoms with Crippen LogP contribution in [0.25, 0.3) is 0 Å². The third kappa shape index (κ3) is 5.68. The van der Waals surface area contributed by atoms with Gasteiger partial charge in [-0.3, -0.25) is 0 Å². The fourth-order valence-electron chi connectivity index (χ4n) is 1.82. The summed E-state index contributed by atoms with van der Waals surface area (Å²) < 4.78 is 7.59. The number of hydrogen-bond donors (Lipinski definition) is 1. The molecule has 2 aromatic rings. The van der Waals surface area contributed by atoms with Crippen LogP contribution in [0, 0.1) is 0 Å². The zero-order valence-electron chi connectivity index (χ0n) is 11.2. The van der Waals surface area contributed by atoms with Gasteiger partial charge in [0.15, 0.2) is 0 Å². The van der Waals surface area contributed by atoms with Crippen molar-refractivity contribution in [3.63, 3.8) is 0 Å². The Morgan fingerprint density at radius 3 is 2.84 bits per heavy atom. The van der Waals surface area contributed by atoms with E-state index >= 15 is 0 Å². The molecule has 0 radical (unpaired) electrons. The molecule has 0 fully saturated rings. The van der Waals surface area contributed by atoms with Gasteiger partial charge in [0.1, 0.15) is 0 Å². The summed E-state index contributed by atoms with van der Waals surface area (Å²) in [5.41, 5.74) is 1.32. The molecule has 19 heavy (non-hydrogen) atoms. The number of rotatable bonds is 9. The summed E-state index contributed by atoms with van der Waals surface area (Å²) in [6, 6.07) is 10.4. The van der Waals surface area contributed by atoms with Gasteiger partial charge in [0, 0.05) is 32.1 Å². The number of nitrogens with zero attached hydrogens (tertiary/aromatic N) is 2. The van der Waals surface area contributed by atoms with Crippen LogP contribution in [0.5, 0.6) is 0 Å². The molecule has 4 nitrogen and oxygen atoms in total. The highest BCUT2D eigenvalue weighted by Gasteiger charge is 1.93. The first-order chi connectivity index (χ1) is 9.45. The van der Waals surface area contributed by atoms with Gasteiger partial charge >= 0.3 is 0 Å². The molecule has 0 amide bonds. The van der Waals surface area contributed by atoms with Crippen LogP contribution in [-0.2, 0) is 17.8 Å². The lowest BCUT2D eigenvalue weighted by Gasteiger charge is -2.06. The molecule has 4 heteroatoms. The summed E-state index contributed by atoms with van der Waals surface area (Å²) >= 11 is 0. The predicted octanol–water partition coefficient (Wildman–Crippen LogP) is 2.08. The second-order valence-corrected chi connectivity index (χ2v) is 4.43. The molecular formula is C15H21N3O. The Balaban J connectivity index is 1.42. The Kier molecular flexibility index (Phi) is 6.13. The third-order valence-corrected chi connectivity index (χ3v) is 2.87. The van der Waals surface area contributed by atoms with E-state index in [1.807, 2.05) is 23.2 Å². The molecule has 1 heterocycles. The second-order valence-electron chi connectivity index (χ2n) is 4.43. The molecule has 0 unspecified atom stereocenters. The Morgan fingerprint density at radius 2 is 2.05 bits per heavy atom. The molecule has 2 rings (SSSR count). The molecule has 0 aliphatic rings. The van der Waals surface area contributed by atoms with Crippen molar-refractivity contribution in [3.8, 4) is 0 Å². The zero-order valence-corrected chi connectivity index (χ0v) is 11.2. The predicted molar refractivity (Wildman–Crippen MR) is 75.8 cm³/mol. The van der Waals surface area contributed by atoms with Crippen molar-refractivity contribution in [1.29, 1.82) is 0 Å². The van der Waals surface area contributed by atoms with E-state index in [2.05, 4.69) is 34.6 Å². The lowest BCUT2D eigenvalue weighted by molar-refractivity contribution is 0.124. The van der Waals surface area contributed by atoms with Crippen molar-refractivity contribution < 1.29 is 4.74 Å². The Morgan fingerprint density at radius 1 is 1.16 bits per heavy atom. The smallest absolute Gasteiger partial charge is 0.0946 e. The fourth-order valence-corrected chi connectivity index (χ4v) is 1.82. The minimum atomic E-state index is 0.745. The van der Waals surface area contributed by atoms with Gasteiger partial charge in [-0.25, -0.2) is 4.98 Å². The molecule has 0 bridgehead atoms. The number of imidazole rings is 1. The fraction of sp³-hybridized carbons (Fsp3) is 0.400. The van der Waals surface area contributed by atoms with E-state index in [1.165, 1.54) is 5.56 Å². The number of ether oxygens (including phenoxy) is 1. The maximum absolute atomic E-state index is 5.57. The summed E-state index contributed by atoms with van der Waals surface area (Å²) in [7, 11) is 0. The van der Waals surface area contributed by atoms with E-state index in [4.69, 9.17) is 4.74 Å². The molecule has 0 saturated carbocycles. The van der Waals surface area contributed by atoms with E-state index in [0.29, 0.717) is 0 Å². The molecule has 1 aromatic carbocycles. The van der Waals surface area contributed by atoms with Crippen molar-refractivity contribution in [3.05, 3.63) is 54.6 Å². The van der Waals surface area contributed by atoms with Crippen LogP contribution in [0.4, 0.5) is 0 Å². The van der Waals surface area contributed by atoms with Crippen molar-refractivity contribution in [2.75, 3.05) is 19.8 Å². The van der Waals surface area contributed by atoms with E-state index in [-0.39, 0.29) is 0 Å². The van der Waals surface area contributed by atoms with Crippen LogP contribution < -0.4 is 5.32 Å². The van der Waals surface area contributed by atoms with Gasteiger partial charge in [0.05, 0.1) is 12.9 Å². The first-order valence-electron chi connectivity index (χ1n) is 6.73. The first kappa shape index (κ1) is 13.8. The summed E-state index contributed by atoms with van der Waals surface area (Å²) in [5.74, 6) is 0. The number of nitrogens with one attached hydrogen (secondary N) is 1. The van der Waals surface area contributed by atoms with Gasteiger partial charge in [0.2, 0.25) is 0 Å². The van der Waals surface area contributed by atoms with Crippen molar-refractivity contribution in [1.82, 2.24) is 14.9 Å². The Hall–Kier alpha value is -1.65. The highest BCUT2D eigenvalue weighted by Crippen LogP contribution is 1.97. The van der Waals surface area contributed by atoms with Crippen molar-refractivity contribution >= 4 is 0 Å². The Labute approximate surface area is 114 Å². The molecule has 1 aromatic heterocycles. The lowest BCUT2D eigenvalue weighted by atomic mass is 10.2. The van der Waals surface area contributed by atoms with Crippen LogP contribution in [-0.4, -0.2) is 29.3 Å². The molecule has 1 N–H and O–H groups in total. The highest BCUT2D eigenvalue weighted by molar-refractivity contribution is 5.14. The van der Waals surface area contributed by atoms with Crippen LogP contribution in [0.15, 0.2) is 49.1 Å².